The topological polar surface area (TPSA) is 75.5 Å². The zero-order chi connectivity index (χ0) is 21.8. The van der Waals surface area contributed by atoms with Gasteiger partial charge in [-0.25, -0.2) is 5.43 Å². The van der Waals surface area contributed by atoms with Crippen molar-refractivity contribution >= 4 is 46.9 Å². The Balaban J connectivity index is 1.69. The zero-order valence-electron chi connectivity index (χ0n) is 16.7. The molecule has 0 aliphatic heterocycles. The average Bonchev–Trinajstić information content (AvgIpc) is 2.99. The Bertz CT molecular complexity index is 1130. The van der Waals surface area contributed by atoms with Gasteiger partial charge < -0.3 is 9.88 Å². The third-order valence-electron chi connectivity index (χ3n) is 4.56. The van der Waals surface area contributed by atoms with Gasteiger partial charge >= 0.3 is 11.8 Å². The van der Waals surface area contributed by atoms with Crippen LogP contribution in [0.2, 0.25) is 10.0 Å². The fourth-order valence-corrected chi connectivity index (χ4v) is 3.27. The van der Waals surface area contributed by atoms with Crippen LogP contribution in [-0.4, -0.2) is 22.6 Å². The summed E-state index contributed by atoms with van der Waals surface area (Å²) in [5, 5.41) is 7.61. The molecule has 2 amide bonds. The molecular weight excluding hydrogens is 423 g/mol. The van der Waals surface area contributed by atoms with Crippen molar-refractivity contribution in [3.05, 3.63) is 81.1 Å². The molecule has 0 spiro atoms. The molecule has 6 nitrogen and oxygen atoms in total. The molecule has 1 heterocycles. The van der Waals surface area contributed by atoms with Crippen molar-refractivity contribution < 1.29 is 9.59 Å². The lowest BCUT2D eigenvalue weighted by Crippen LogP contribution is -2.32. The summed E-state index contributed by atoms with van der Waals surface area (Å²) in [6.07, 6.45) is 1.50. The van der Waals surface area contributed by atoms with Gasteiger partial charge in [0.1, 0.15) is 0 Å². The molecule has 0 aliphatic carbocycles. The SMILES string of the molecule is Cc1ccc(-n2c(C)cc(/C=N\NC(=O)C(=O)Nc3ccc(Cl)cc3)c2C)cc1Cl. The normalized spacial score (nSPS) is 11.0. The lowest BCUT2D eigenvalue weighted by atomic mass is 10.2. The van der Waals surface area contributed by atoms with Crippen LogP contribution in [0.25, 0.3) is 5.69 Å². The van der Waals surface area contributed by atoms with Gasteiger partial charge in [0.2, 0.25) is 0 Å². The molecule has 0 fully saturated rings. The van der Waals surface area contributed by atoms with Crippen LogP contribution in [0.15, 0.2) is 53.6 Å². The average molecular weight is 443 g/mol. The Labute approximate surface area is 184 Å². The van der Waals surface area contributed by atoms with Crippen molar-refractivity contribution in [1.82, 2.24) is 9.99 Å². The molecule has 0 bridgehead atoms. The minimum atomic E-state index is -0.875. The van der Waals surface area contributed by atoms with Gasteiger partial charge in [-0.2, -0.15) is 5.10 Å². The summed E-state index contributed by atoms with van der Waals surface area (Å²) in [5.41, 5.74) is 7.36. The fourth-order valence-electron chi connectivity index (χ4n) is 2.97. The number of hydrazone groups is 1. The monoisotopic (exact) mass is 442 g/mol. The van der Waals surface area contributed by atoms with Gasteiger partial charge in [0.25, 0.3) is 0 Å². The van der Waals surface area contributed by atoms with Crippen LogP contribution in [0.3, 0.4) is 0 Å². The summed E-state index contributed by atoms with van der Waals surface area (Å²) in [7, 11) is 0. The summed E-state index contributed by atoms with van der Waals surface area (Å²) in [6.45, 7) is 5.86. The Morgan fingerprint density at radius 2 is 1.67 bits per heavy atom. The van der Waals surface area contributed by atoms with E-state index in [-0.39, 0.29) is 0 Å². The number of amides is 2. The summed E-state index contributed by atoms with van der Waals surface area (Å²) in [5.74, 6) is -1.70. The first-order valence-corrected chi connectivity index (χ1v) is 9.87. The smallest absolute Gasteiger partial charge is 0.318 e. The number of hydrogen-bond donors (Lipinski definition) is 2. The number of nitrogens with one attached hydrogen (secondary N) is 2. The first-order chi connectivity index (χ1) is 14.3. The van der Waals surface area contributed by atoms with Crippen LogP contribution >= 0.6 is 23.2 Å². The van der Waals surface area contributed by atoms with Crippen LogP contribution in [0.5, 0.6) is 0 Å². The molecule has 0 atom stereocenters. The van der Waals surface area contributed by atoms with Crippen LogP contribution < -0.4 is 10.7 Å². The molecule has 0 saturated heterocycles. The van der Waals surface area contributed by atoms with E-state index in [0.717, 1.165) is 28.2 Å². The van der Waals surface area contributed by atoms with Crippen molar-refractivity contribution in [3.63, 3.8) is 0 Å². The molecule has 0 saturated carbocycles. The molecule has 30 heavy (non-hydrogen) atoms. The molecular formula is C22H20Cl2N4O2. The number of halogens is 2. The number of aromatic nitrogens is 1. The highest BCUT2D eigenvalue weighted by Crippen LogP contribution is 2.24. The summed E-state index contributed by atoms with van der Waals surface area (Å²) >= 11 is 12.1. The molecule has 2 N–H and O–H groups in total. The van der Waals surface area contributed by atoms with Gasteiger partial charge in [-0.3, -0.25) is 9.59 Å². The molecule has 0 aliphatic rings. The third kappa shape index (κ3) is 4.90. The van der Waals surface area contributed by atoms with Gasteiger partial charge in [0.15, 0.2) is 0 Å². The largest absolute Gasteiger partial charge is 0.329 e. The number of carbonyl (C=O) groups excluding carboxylic acids is 2. The van der Waals surface area contributed by atoms with Gasteiger partial charge in [0.05, 0.1) is 6.21 Å². The van der Waals surface area contributed by atoms with E-state index in [0.29, 0.717) is 15.7 Å². The molecule has 8 heteroatoms. The van der Waals surface area contributed by atoms with Crippen LogP contribution in [0.1, 0.15) is 22.5 Å². The van der Waals surface area contributed by atoms with Crippen molar-refractivity contribution in [1.29, 1.82) is 0 Å². The molecule has 2 aromatic carbocycles. The summed E-state index contributed by atoms with van der Waals surface area (Å²) < 4.78 is 2.04. The first kappa shape index (κ1) is 21.6. The highest BCUT2D eigenvalue weighted by molar-refractivity contribution is 6.39. The Kier molecular flexibility index (Phi) is 6.59. The van der Waals surface area contributed by atoms with E-state index in [2.05, 4.69) is 15.8 Å². The Morgan fingerprint density at radius 3 is 2.33 bits per heavy atom. The maximum atomic E-state index is 12.0. The van der Waals surface area contributed by atoms with Gasteiger partial charge in [-0.1, -0.05) is 29.3 Å². The van der Waals surface area contributed by atoms with E-state index in [4.69, 9.17) is 23.2 Å². The number of hydrogen-bond acceptors (Lipinski definition) is 3. The van der Waals surface area contributed by atoms with Crippen LogP contribution in [-0.2, 0) is 9.59 Å². The van der Waals surface area contributed by atoms with E-state index in [9.17, 15) is 9.59 Å². The van der Waals surface area contributed by atoms with Crippen LogP contribution in [0.4, 0.5) is 5.69 Å². The summed E-state index contributed by atoms with van der Waals surface area (Å²) in [4.78, 5) is 23.9. The standard InChI is InChI=1S/C22H20Cl2N4O2/c1-13-4-9-19(11-20(13)24)28-14(2)10-16(15(28)3)12-25-27-22(30)21(29)26-18-7-5-17(23)6-8-18/h4-12H,1-3H3,(H,26,29)(H,27,30)/b25-12-. The predicted molar refractivity (Wildman–Crippen MR) is 121 cm³/mol. The zero-order valence-corrected chi connectivity index (χ0v) is 18.2. The van der Waals surface area contributed by atoms with Crippen LogP contribution in [0, 0.1) is 20.8 Å². The van der Waals surface area contributed by atoms with Crippen molar-refractivity contribution in [3.8, 4) is 5.69 Å². The first-order valence-electron chi connectivity index (χ1n) is 9.11. The Hall–Kier alpha value is -3.09. The van der Waals surface area contributed by atoms with E-state index < -0.39 is 11.8 Å². The van der Waals surface area contributed by atoms with Gasteiger partial charge in [-0.05, 0) is 68.8 Å². The molecule has 3 aromatic rings. The second-order valence-electron chi connectivity index (χ2n) is 6.76. The molecule has 0 radical (unpaired) electrons. The van der Waals surface area contributed by atoms with E-state index in [1.54, 1.807) is 24.3 Å². The highest BCUT2D eigenvalue weighted by atomic mass is 35.5. The van der Waals surface area contributed by atoms with E-state index in [1.807, 2.05) is 49.6 Å². The number of anilines is 1. The Morgan fingerprint density at radius 1 is 0.967 bits per heavy atom. The van der Waals surface area contributed by atoms with Gasteiger partial charge in [-0.15, -0.1) is 0 Å². The number of nitrogens with zero attached hydrogens (tertiary/aromatic N) is 2. The number of rotatable bonds is 4. The minimum Gasteiger partial charge on any atom is -0.318 e. The van der Waals surface area contributed by atoms with Gasteiger partial charge in [0, 0.05) is 38.4 Å². The second-order valence-corrected chi connectivity index (χ2v) is 7.60. The number of benzene rings is 2. The second kappa shape index (κ2) is 9.15. The highest BCUT2D eigenvalue weighted by Gasteiger charge is 2.14. The van der Waals surface area contributed by atoms with E-state index >= 15 is 0 Å². The minimum absolute atomic E-state index is 0.462. The fraction of sp³-hybridized carbons (Fsp3) is 0.136. The molecule has 1 aromatic heterocycles. The third-order valence-corrected chi connectivity index (χ3v) is 5.22. The lowest BCUT2D eigenvalue weighted by Gasteiger charge is -2.11. The molecule has 0 unspecified atom stereocenters. The predicted octanol–water partition coefficient (Wildman–Crippen LogP) is 4.80. The van der Waals surface area contributed by atoms with Crippen molar-refractivity contribution in [2.24, 2.45) is 5.10 Å². The number of carbonyl (C=O) groups is 2. The maximum absolute atomic E-state index is 12.0. The lowest BCUT2D eigenvalue weighted by molar-refractivity contribution is -0.136. The number of aryl methyl sites for hydroxylation is 2. The summed E-state index contributed by atoms with van der Waals surface area (Å²) in [6, 6.07) is 14.2. The van der Waals surface area contributed by atoms with Crippen molar-refractivity contribution in [2.45, 2.75) is 20.8 Å². The van der Waals surface area contributed by atoms with E-state index in [1.165, 1.54) is 6.21 Å². The molecule has 3 rings (SSSR count). The maximum Gasteiger partial charge on any atom is 0.329 e. The quantitative estimate of drug-likeness (QED) is 0.345. The molecule has 154 valence electrons. The van der Waals surface area contributed by atoms with Crippen molar-refractivity contribution in [2.75, 3.05) is 5.32 Å².